The van der Waals surface area contributed by atoms with Gasteiger partial charge in [-0.2, -0.15) is 5.10 Å². The average molecular weight is 285 g/mol. The number of hydrogen-bond donors (Lipinski definition) is 2. The first kappa shape index (κ1) is 13.0. The Labute approximate surface area is 123 Å². The lowest BCUT2D eigenvalue weighted by molar-refractivity contribution is -0.0825. The molecule has 21 heavy (non-hydrogen) atoms. The topological polar surface area (TPSA) is 74.6 Å². The summed E-state index contributed by atoms with van der Waals surface area (Å²) in [6, 6.07) is 5.24. The van der Waals surface area contributed by atoms with Crippen LogP contribution in [0.5, 0.6) is 0 Å². The van der Waals surface area contributed by atoms with Gasteiger partial charge in [0.25, 0.3) is 5.91 Å². The van der Waals surface area contributed by atoms with E-state index in [1.54, 1.807) is 24.4 Å². The quantitative estimate of drug-likeness (QED) is 0.813. The largest absolute Gasteiger partial charge is 0.390 e. The SMILES string of the molecule is O=C(NN=C1C2CC3CC1CC(O)(C3)C2)c1ccccn1. The van der Waals surface area contributed by atoms with Gasteiger partial charge >= 0.3 is 0 Å². The normalized spacial score (nSPS) is 36.6. The molecule has 1 amide bonds. The second-order valence-corrected chi connectivity index (χ2v) is 6.76. The van der Waals surface area contributed by atoms with E-state index in [4.69, 9.17) is 0 Å². The minimum absolute atomic E-state index is 0.268. The summed E-state index contributed by atoms with van der Waals surface area (Å²) in [6.07, 6.45) is 6.37. The third-order valence-electron chi connectivity index (χ3n) is 5.18. The molecule has 2 unspecified atom stereocenters. The molecule has 1 heterocycles. The number of rotatable bonds is 2. The maximum absolute atomic E-state index is 12.0. The molecule has 110 valence electrons. The van der Waals surface area contributed by atoms with Gasteiger partial charge in [0.05, 0.1) is 5.60 Å². The third-order valence-corrected chi connectivity index (χ3v) is 5.18. The Kier molecular flexibility index (Phi) is 2.85. The predicted molar refractivity (Wildman–Crippen MR) is 77.6 cm³/mol. The molecule has 4 saturated carbocycles. The number of nitrogens with one attached hydrogen (secondary N) is 1. The van der Waals surface area contributed by atoms with E-state index in [1.807, 2.05) is 0 Å². The van der Waals surface area contributed by atoms with Crippen molar-refractivity contribution in [1.29, 1.82) is 0 Å². The number of hydrogen-bond acceptors (Lipinski definition) is 4. The van der Waals surface area contributed by atoms with E-state index in [-0.39, 0.29) is 5.91 Å². The minimum atomic E-state index is -0.472. The fourth-order valence-corrected chi connectivity index (χ4v) is 4.58. The summed E-state index contributed by atoms with van der Waals surface area (Å²) in [6.45, 7) is 0. The van der Waals surface area contributed by atoms with E-state index < -0.39 is 5.60 Å². The summed E-state index contributed by atoms with van der Waals surface area (Å²) in [7, 11) is 0. The molecule has 1 aromatic heterocycles. The second kappa shape index (κ2) is 4.63. The van der Waals surface area contributed by atoms with E-state index in [0.29, 0.717) is 23.4 Å². The van der Waals surface area contributed by atoms with Gasteiger partial charge in [-0.25, -0.2) is 5.43 Å². The first-order valence-electron chi connectivity index (χ1n) is 7.64. The van der Waals surface area contributed by atoms with Gasteiger partial charge in [-0.1, -0.05) is 6.07 Å². The molecule has 0 aromatic carbocycles. The Morgan fingerprint density at radius 3 is 2.67 bits per heavy atom. The van der Waals surface area contributed by atoms with Crippen LogP contribution < -0.4 is 5.43 Å². The Morgan fingerprint density at radius 2 is 2.05 bits per heavy atom. The van der Waals surface area contributed by atoms with Crippen molar-refractivity contribution < 1.29 is 9.90 Å². The van der Waals surface area contributed by atoms with Crippen molar-refractivity contribution in [2.45, 2.75) is 37.7 Å². The molecule has 0 saturated heterocycles. The lowest BCUT2D eigenvalue weighted by Crippen LogP contribution is -2.55. The zero-order valence-electron chi connectivity index (χ0n) is 11.8. The fraction of sp³-hybridized carbons (Fsp3) is 0.562. The van der Waals surface area contributed by atoms with Gasteiger partial charge in [-0.15, -0.1) is 0 Å². The average Bonchev–Trinajstić information content (AvgIpc) is 2.45. The van der Waals surface area contributed by atoms with Crippen LogP contribution in [0.2, 0.25) is 0 Å². The second-order valence-electron chi connectivity index (χ2n) is 6.76. The maximum atomic E-state index is 12.0. The van der Waals surface area contributed by atoms with Gasteiger partial charge in [0.15, 0.2) is 0 Å². The fourth-order valence-electron chi connectivity index (χ4n) is 4.58. The summed E-state index contributed by atoms with van der Waals surface area (Å²) in [5, 5.41) is 14.9. The van der Waals surface area contributed by atoms with Crippen LogP contribution in [0.15, 0.2) is 29.5 Å². The van der Waals surface area contributed by atoms with Crippen molar-refractivity contribution in [3.63, 3.8) is 0 Å². The maximum Gasteiger partial charge on any atom is 0.289 e. The van der Waals surface area contributed by atoms with Gasteiger partial charge in [-0.05, 0) is 50.2 Å². The molecular weight excluding hydrogens is 266 g/mol. The van der Waals surface area contributed by atoms with Crippen LogP contribution in [0.1, 0.15) is 42.6 Å². The number of amides is 1. The zero-order valence-corrected chi connectivity index (χ0v) is 11.8. The number of nitrogens with zero attached hydrogens (tertiary/aromatic N) is 2. The molecule has 5 rings (SSSR count). The lowest BCUT2D eigenvalue weighted by atomic mass is 9.53. The minimum Gasteiger partial charge on any atom is -0.390 e. The molecule has 1 aromatic rings. The highest BCUT2D eigenvalue weighted by molar-refractivity contribution is 5.95. The van der Waals surface area contributed by atoms with Crippen LogP contribution in [0.4, 0.5) is 0 Å². The van der Waals surface area contributed by atoms with Gasteiger partial charge in [0.2, 0.25) is 0 Å². The molecule has 0 radical (unpaired) electrons. The predicted octanol–water partition coefficient (Wildman–Crippen LogP) is 1.74. The first-order valence-corrected chi connectivity index (χ1v) is 7.64. The highest BCUT2D eigenvalue weighted by Gasteiger charge is 2.53. The molecule has 4 aliphatic carbocycles. The smallest absolute Gasteiger partial charge is 0.289 e. The van der Waals surface area contributed by atoms with E-state index in [2.05, 4.69) is 15.5 Å². The molecular formula is C16H19N3O2. The van der Waals surface area contributed by atoms with Crippen molar-refractivity contribution in [3.8, 4) is 0 Å². The van der Waals surface area contributed by atoms with E-state index in [0.717, 1.165) is 37.8 Å². The van der Waals surface area contributed by atoms with Gasteiger partial charge in [-0.3, -0.25) is 9.78 Å². The van der Waals surface area contributed by atoms with Crippen LogP contribution in [-0.2, 0) is 0 Å². The molecule has 4 fully saturated rings. The highest BCUT2D eigenvalue weighted by atomic mass is 16.3. The lowest BCUT2D eigenvalue weighted by Gasteiger charge is -2.54. The molecule has 5 heteroatoms. The number of carbonyl (C=O) groups is 1. The number of carbonyl (C=O) groups excluding carboxylic acids is 1. The molecule has 0 spiro atoms. The third kappa shape index (κ3) is 2.25. The molecule has 4 bridgehead atoms. The molecule has 0 aliphatic heterocycles. The van der Waals surface area contributed by atoms with Crippen LogP contribution in [0.3, 0.4) is 0 Å². The summed E-state index contributed by atoms with van der Waals surface area (Å²) < 4.78 is 0. The first-order chi connectivity index (χ1) is 10.1. The summed E-state index contributed by atoms with van der Waals surface area (Å²) >= 11 is 0. The van der Waals surface area contributed by atoms with E-state index >= 15 is 0 Å². The molecule has 5 nitrogen and oxygen atoms in total. The van der Waals surface area contributed by atoms with Crippen LogP contribution in [0, 0.1) is 17.8 Å². The van der Waals surface area contributed by atoms with Gasteiger partial charge in [0.1, 0.15) is 5.69 Å². The Balaban J connectivity index is 1.51. The van der Waals surface area contributed by atoms with Crippen LogP contribution >= 0.6 is 0 Å². The standard InChI is InChI=1S/C16H19N3O2/c20-15(13-3-1-2-4-17-13)19-18-14-11-5-10-6-12(14)9-16(21,7-10)8-11/h1-4,10-12,21H,5-9H2,(H,19,20). The van der Waals surface area contributed by atoms with Crippen molar-refractivity contribution in [1.82, 2.24) is 10.4 Å². The summed E-state index contributed by atoms with van der Waals surface area (Å²) in [4.78, 5) is 16.0. The van der Waals surface area contributed by atoms with Crippen molar-refractivity contribution in [2.24, 2.45) is 22.9 Å². The molecule has 2 atom stereocenters. The van der Waals surface area contributed by atoms with Gasteiger partial charge < -0.3 is 5.11 Å². The van der Waals surface area contributed by atoms with E-state index in [9.17, 15) is 9.90 Å². The molecule has 4 aliphatic rings. The highest BCUT2D eigenvalue weighted by Crippen LogP contribution is 2.54. The number of pyridine rings is 1. The van der Waals surface area contributed by atoms with Crippen LogP contribution in [0.25, 0.3) is 0 Å². The van der Waals surface area contributed by atoms with E-state index in [1.165, 1.54) is 0 Å². The number of aromatic nitrogens is 1. The Morgan fingerprint density at radius 1 is 1.29 bits per heavy atom. The van der Waals surface area contributed by atoms with Crippen molar-refractivity contribution in [3.05, 3.63) is 30.1 Å². The van der Waals surface area contributed by atoms with Gasteiger partial charge in [0, 0.05) is 23.7 Å². The summed E-state index contributed by atoms with van der Waals surface area (Å²) in [5.74, 6) is 1.05. The number of hydrazone groups is 1. The van der Waals surface area contributed by atoms with Crippen molar-refractivity contribution in [2.75, 3.05) is 0 Å². The number of aliphatic hydroxyl groups is 1. The van der Waals surface area contributed by atoms with Crippen LogP contribution in [-0.4, -0.2) is 27.3 Å². The Hall–Kier alpha value is -1.75. The zero-order chi connectivity index (χ0) is 14.4. The molecule has 2 N–H and O–H groups in total. The van der Waals surface area contributed by atoms with Crippen molar-refractivity contribution >= 4 is 11.6 Å². The monoisotopic (exact) mass is 285 g/mol. The Bertz CT molecular complexity index is 581. The summed E-state index contributed by atoms with van der Waals surface area (Å²) in [5.41, 5.74) is 3.63.